The highest BCUT2D eigenvalue weighted by atomic mass is 16.5. The van der Waals surface area contributed by atoms with Crippen molar-refractivity contribution in [1.82, 2.24) is 5.16 Å². The van der Waals surface area contributed by atoms with E-state index in [0.717, 1.165) is 24.3 Å². The van der Waals surface area contributed by atoms with Crippen molar-refractivity contribution in [2.75, 3.05) is 0 Å². The molecule has 0 aliphatic heterocycles. The summed E-state index contributed by atoms with van der Waals surface area (Å²) in [6.45, 7) is 2.18. The minimum Gasteiger partial charge on any atom is -0.481 e. The third-order valence-electron chi connectivity index (χ3n) is 2.48. The number of hydrogen-bond donors (Lipinski definition) is 1. The first-order chi connectivity index (χ1) is 7.72. The van der Waals surface area contributed by atoms with Crippen LogP contribution in [0.25, 0.3) is 0 Å². The lowest BCUT2D eigenvalue weighted by atomic mass is 10.1. The molecule has 4 heteroatoms. The molecule has 1 aromatic heterocycles. The first-order valence-corrected chi connectivity index (χ1v) is 5.88. The lowest BCUT2D eigenvalue weighted by Gasteiger charge is -1.94. The van der Waals surface area contributed by atoms with Crippen molar-refractivity contribution in [1.29, 1.82) is 0 Å². The summed E-state index contributed by atoms with van der Waals surface area (Å²) in [5, 5.41) is 12.4. The molecule has 0 saturated heterocycles. The van der Waals surface area contributed by atoms with Crippen LogP contribution in [0, 0.1) is 0 Å². The molecule has 0 unspecified atom stereocenters. The van der Waals surface area contributed by atoms with Crippen LogP contribution < -0.4 is 0 Å². The maximum Gasteiger partial charge on any atom is 0.303 e. The van der Waals surface area contributed by atoms with Gasteiger partial charge >= 0.3 is 5.97 Å². The largest absolute Gasteiger partial charge is 0.481 e. The molecule has 0 bridgehead atoms. The predicted octanol–water partition coefficient (Wildman–Crippen LogP) is 2.81. The van der Waals surface area contributed by atoms with Gasteiger partial charge in [-0.2, -0.15) is 0 Å². The summed E-state index contributed by atoms with van der Waals surface area (Å²) in [5.41, 5.74) is 0.743. The molecular weight excluding hydrogens is 206 g/mol. The Morgan fingerprint density at radius 1 is 1.38 bits per heavy atom. The van der Waals surface area contributed by atoms with Crippen LogP contribution in [0.4, 0.5) is 0 Å². The second-order valence-corrected chi connectivity index (χ2v) is 3.99. The minimum absolute atomic E-state index is 0.113. The zero-order valence-electron chi connectivity index (χ0n) is 9.74. The molecule has 0 saturated carbocycles. The average molecular weight is 225 g/mol. The molecule has 0 amide bonds. The Bertz CT molecular complexity index is 320. The average Bonchev–Trinajstić information content (AvgIpc) is 2.70. The van der Waals surface area contributed by atoms with Crippen molar-refractivity contribution in [3.05, 3.63) is 17.5 Å². The maximum atomic E-state index is 10.4. The Labute approximate surface area is 95.6 Å². The van der Waals surface area contributed by atoms with E-state index in [1.54, 1.807) is 0 Å². The summed E-state index contributed by atoms with van der Waals surface area (Å²) in [7, 11) is 0. The topological polar surface area (TPSA) is 63.3 Å². The molecule has 0 aliphatic carbocycles. The Balaban J connectivity index is 2.25. The first kappa shape index (κ1) is 12.7. The zero-order valence-corrected chi connectivity index (χ0v) is 9.74. The minimum atomic E-state index is -0.799. The van der Waals surface area contributed by atoms with E-state index in [-0.39, 0.29) is 6.42 Å². The van der Waals surface area contributed by atoms with E-state index in [0.29, 0.717) is 6.42 Å². The fourth-order valence-corrected chi connectivity index (χ4v) is 1.55. The second kappa shape index (κ2) is 7.04. The van der Waals surface area contributed by atoms with Gasteiger partial charge in [0.1, 0.15) is 5.76 Å². The van der Waals surface area contributed by atoms with Gasteiger partial charge in [0.05, 0.1) is 12.1 Å². The molecule has 4 nitrogen and oxygen atoms in total. The normalized spacial score (nSPS) is 10.6. The SMILES string of the molecule is CCCCCCc1cc(CCC(=O)O)no1. The van der Waals surface area contributed by atoms with Crippen molar-refractivity contribution in [2.24, 2.45) is 0 Å². The van der Waals surface area contributed by atoms with Crippen molar-refractivity contribution in [2.45, 2.75) is 51.9 Å². The van der Waals surface area contributed by atoms with E-state index >= 15 is 0 Å². The van der Waals surface area contributed by atoms with Crippen molar-refractivity contribution >= 4 is 5.97 Å². The molecule has 90 valence electrons. The van der Waals surface area contributed by atoms with Crippen LogP contribution in [0.15, 0.2) is 10.6 Å². The van der Waals surface area contributed by atoms with E-state index < -0.39 is 5.97 Å². The number of carbonyl (C=O) groups is 1. The van der Waals surface area contributed by atoms with Gasteiger partial charge in [-0.05, 0) is 6.42 Å². The van der Waals surface area contributed by atoms with Crippen LogP contribution in [0.5, 0.6) is 0 Å². The molecular formula is C12H19NO3. The Hall–Kier alpha value is -1.32. The fraction of sp³-hybridized carbons (Fsp3) is 0.667. The standard InChI is InChI=1S/C12H19NO3/c1-2-3-4-5-6-11-9-10(13-16-11)7-8-12(14)15/h9H,2-8H2,1H3,(H,14,15). The molecule has 16 heavy (non-hydrogen) atoms. The highest BCUT2D eigenvalue weighted by molar-refractivity contribution is 5.66. The van der Waals surface area contributed by atoms with Crippen LogP contribution in [-0.2, 0) is 17.6 Å². The summed E-state index contributed by atoms with van der Waals surface area (Å²) in [4.78, 5) is 10.4. The molecule has 0 spiro atoms. The molecule has 0 atom stereocenters. The maximum absolute atomic E-state index is 10.4. The molecule has 1 aromatic rings. The van der Waals surface area contributed by atoms with E-state index in [2.05, 4.69) is 12.1 Å². The summed E-state index contributed by atoms with van der Waals surface area (Å²) >= 11 is 0. The van der Waals surface area contributed by atoms with Gasteiger partial charge in [0.2, 0.25) is 0 Å². The van der Waals surface area contributed by atoms with Crippen molar-refractivity contribution in [3.63, 3.8) is 0 Å². The van der Waals surface area contributed by atoms with Gasteiger partial charge in [-0.1, -0.05) is 31.3 Å². The second-order valence-electron chi connectivity index (χ2n) is 3.99. The predicted molar refractivity (Wildman–Crippen MR) is 60.3 cm³/mol. The van der Waals surface area contributed by atoms with Crippen LogP contribution >= 0.6 is 0 Å². The highest BCUT2D eigenvalue weighted by Crippen LogP contribution is 2.10. The Morgan fingerprint density at radius 2 is 2.19 bits per heavy atom. The summed E-state index contributed by atoms with van der Waals surface area (Å²) in [6, 6.07) is 1.87. The third-order valence-corrected chi connectivity index (χ3v) is 2.48. The van der Waals surface area contributed by atoms with Crippen molar-refractivity contribution in [3.8, 4) is 0 Å². The van der Waals surface area contributed by atoms with Gasteiger partial charge in [-0.3, -0.25) is 4.79 Å². The summed E-state index contributed by atoms with van der Waals surface area (Å²) in [6.07, 6.45) is 6.26. The lowest BCUT2D eigenvalue weighted by Crippen LogP contribution is -1.97. The fourth-order valence-electron chi connectivity index (χ4n) is 1.55. The van der Waals surface area contributed by atoms with Crippen LogP contribution in [0.1, 0.15) is 50.5 Å². The van der Waals surface area contributed by atoms with E-state index in [1.807, 2.05) is 6.07 Å². The molecule has 1 rings (SSSR count). The quantitative estimate of drug-likeness (QED) is 0.691. The molecule has 1 heterocycles. The monoisotopic (exact) mass is 225 g/mol. The smallest absolute Gasteiger partial charge is 0.303 e. The number of aliphatic carboxylic acids is 1. The van der Waals surface area contributed by atoms with Crippen LogP contribution in [0.3, 0.4) is 0 Å². The van der Waals surface area contributed by atoms with Crippen LogP contribution in [-0.4, -0.2) is 16.2 Å². The van der Waals surface area contributed by atoms with E-state index in [1.165, 1.54) is 19.3 Å². The highest BCUT2D eigenvalue weighted by Gasteiger charge is 2.05. The van der Waals surface area contributed by atoms with Gasteiger partial charge in [0.15, 0.2) is 0 Å². The lowest BCUT2D eigenvalue weighted by molar-refractivity contribution is -0.136. The van der Waals surface area contributed by atoms with Gasteiger partial charge in [0.25, 0.3) is 0 Å². The first-order valence-electron chi connectivity index (χ1n) is 5.88. The number of aromatic nitrogens is 1. The van der Waals surface area contributed by atoms with E-state index in [9.17, 15) is 4.79 Å². The molecule has 1 N–H and O–H groups in total. The number of carboxylic acid groups (broad SMARTS) is 1. The number of aryl methyl sites for hydroxylation is 2. The summed E-state index contributed by atoms with van der Waals surface area (Å²) in [5.74, 6) is 0.0731. The molecule has 0 aliphatic rings. The van der Waals surface area contributed by atoms with Gasteiger partial charge < -0.3 is 9.63 Å². The molecule has 0 aromatic carbocycles. The number of nitrogens with zero attached hydrogens (tertiary/aromatic N) is 1. The van der Waals surface area contributed by atoms with Crippen molar-refractivity contribution < 1.29 is 14.4 Å². The molecule has 0 fully saturated rings. The van der Waals surface area contributed by atoms with Crippen LogP contribution in [0.2, 0.25) is 0 Å². The Kier molecular flexibility index (Phi) is 5.61. The van der Waals surface area contributed by atoms with Gasteiger partial charge in [-0.15, -0.1) is 0 Å². The number of hydrogen-bond acceptors (Lipinski definition) is 3. The number of unbranched alkanes of at least 4 members (excludes halogenated alkanes) is 3. The number of rotatable bonds is 8. The third kappa shape index (κ3) is 4.96. The van der Waals surface area contributed by atoms with Gasteiger partial charge in [-0.25, -0.2) is 0 Å². The van der Waals surface area contributed by atoms with E-state index in [4.69, 9.17) is 9.63 Å². The van der Waals surface area contributed by atoms with Gasteiger partial charge in [0, 0.05) is 18.9 Å². The number of carboxylic acids is 1. The molecule has 0 radical (unpaired) electrons. The Morgan fingerprint density at radius 3 is 2.88 bits per heavy atom. The summed E-state index contributed by atoms with van der Waals surface area (Å²) < 4.78 is 5.13. The zero-order chi connectivity index (χ0) is 11.8.